The van der Waals surface area contributed by atoms with Crippen LogP contribution in [0.3, 0.4) is 0 Å². The van der Waals surface area contributed by atoms with E-state index in [2.05, 4.69) is 50.9 Å². The molecule has 0 aromatic heterocycles. The molecule has 1 fully saturated rings. The van der Waals surface area contributed by atoms with E-state index >= 15 is 0 Å². The molecule has 150 valence electrons. The molecule has 2 N–H and O–H groups in total. The number of fused-ring (bicyclic) bond motifs is 1. The van der Waals surface area contributed by atoms with E-state index in [1.807, 2.05) is 24.3 Å². The van der Waals surface area contributed by atoms with Crippen molar-refractivity contribution in [1.29, 1.82) is 0 Å². The Bertz CT molecular complexity index is 787. The van der Waals surface area contributed by atoms with E-state index in [9.17, 15) is 0 Å². The summed E-state index contributed by atoms with van der Waals surface area (Å²) < 4.78 is 11.8. The minimum Gasteiger partial charge on any atom is -0.486 e. The van der Waals surface area contributed by atoms with Gasteiger partial charge < -0.3 is 25.0 Å². The number of anilines is 1. The van der Waals surface area contributed by atoms with Crippen LogP contribution in [0.1, 0.15) is 6.42 Å². The standard InChI is InChI=1S/C21H26N4O2.HI/c1-22-21(23-13-18-15-26-19-9-5-6-10-20(19)27-18)24-16-11-12-25(14-16)17-7-3-2-4-8-17;/h2-10,16,18H,11-15H2,1H3,(H2,22,23,24);1H. The number of halogens is 1. The summed E-state index contributed by atoms with van der Waals surface area (Å²) in [5.41, 5.74) is 1.27. The van der Waals surface area contributed by atoms with Gasteiger partial charge in [-0.15, -0.1) is 24.0 Å². The fraction of sp³-hybridized carbons (Fsp3) is 0.381. The highest BCUT2D eigenvalue weighted by Gasteiger charge is 2.24. The van der Waals surface area contributed by atoms with Gasteiger partial charge in [0.25, 0.3) is 0 Å². The summed E-state index contributed by atoms with van der Waals surface area (Å²) in [5, 5.41) is 6.89. The lowest BCUT2D eigenvalue weighted by Gasteiger charge is -2.27. The summed E-state index contributed by atoms with van der Waals surface area (Å²) in [6.07, 6.45) is 1.05. The number of hydrogen-bond donors (Lipinski definition) is 2. The number of nitrogens with one attached hydrogen (secondary N) is 2. The van der Waals surface area contributed by atoms with E-state index in [1.54, 1.807) is 7.05 Å². The van der Waals surface area contributed by atoms with E-state index in [4.69, 9.17) is 9.47 Å². The maximum absolute atomic E-state index is 5.99. The van der Waals surface area contributed by atoms with Crippen LogP contribution in [-0.4, -0.2) is 51.4 Å². The normalized spacial score (nSPS) is 21.0. The lowest BCUT2D eigenvalue weighted by atomic mass is 10.2. The molecule has 2 heterocycles. The first-order valence-electron chi connectivity index (χ1n) is 9.47. The molecule has 2 atom stereocenters. The maximum Gasteiger partial charge on any atom is 0.191 e. The lowest BCUT2D eigenvalue weighted by Crippen LogP contribution is -2.48. The second-order valence-electron chi connectivity index (χ2n) is 6.86. The van der Waals surface area contributed by atoms with Crippen LogP contribution in [0.2, 0.25) is 0 Å². The summed E-state index contributed by atoms with van der Waals surface area (Å²) in [5.74, 6) is 2.41. The number of para-hydroxylation sites is 3. The third-order valence-electron chi connectivity index (χ3n) is 4.94. The van der Waals surface area contributed by atoms with Crippen molar-refractivity contribution in [2.45, 2.75) is 18.6 Å². The smallest absolute Gasteiger partial charge is 0.191 e. The number of ether oxygens (including phenoxy) is 2. The van der Waals surface area contributed by atoms with Crippen molar-refractivity contribution in [2.24, 2.45) is 4.99 Å². The van der Waals surface area contributed by atoms with E-state index in [1.165, 1.54) is 5.69 Å². The van der Waals surface area contributed by atoms with Gasteiger partial charge in [0, 0.05) is 31.9 Å². The molecule has 0 aliphatic carbocycles. The predicted molar refractivity (Wildman–Crippen MR) is 123 cm³/mol. The Kier molecular flexibility index (Phi) is 7.24. The molecular weight excluding hydrogens is 467 g/mol. The summed E-state index contributed by atoms with van der Waals surface area (Å²) in [6.45, 7) is 3.20. The molecule has 0 amide bonds. The van der Waals surface area contributed by atoms with E-state index in [-0.39, 0.29) is 30.1 Å². The molecule has 0 saturated carbocycles. The van der Waals surface area contributed by atoms with Gasteiger partial charge in [0.1, 0.15) is 12.7 Å². The third-order valence-corrected chi connectivity index (χ3v) is 4.94. The first-order chi connectivity index (χ1) is 13.3. The Labute approximate surface area is 183 Å². The number of benzene rings is 2. The average Bonchev–Trinajstić information content (AvgIpc) is 3.20. The van der Waals surface area contributed by atoms with Crippen LogP contribution in [0.25, 0.3) is 0 Å². The van der Waals surface area contributed by atoms with Gasteiger partial charge in [0.2, 0.25) is 0 Å². The minimum absolute atomic E-state index is 0. The predicted octanol–water partition coefficient (Wildman–Crippen LogP) is 2.89. The van der Waals surface area contributed by atoms with Crippen LogP contribution >= 0.6 is 24.0 Å². The molecule has 2 unspecified atom stereocenters. The molecule has 2 aromatic rings. The maximum atomic E-state index is 5.99. The molecule has 28 heavy (non-hydrogen) atoms. The topological polar surface area (TPSA) is 58.1 Å². The Hall–Kier alpha value is -2.16. The molecule has 2 aliphatic heterocycles. The summed E-state index contributed by atoms with van der Waals surface area (Å²) in [4.78, 5) is 6.76. The molecule has 4 rings (SSSR count). The second-order valence-corrected chi connectivity index (χ2v) is 6.86. The van der Waals surface area contributed by atoms with Gasteiger partial charge in [-0.2, -0.15) is 0 Å². The summed E-state index contributed by atoms with van der Waals surface area (Å²) in [7, 11) is 1.80. The van der Waals surface area contributed by atoms with Crippen LogP contribution < -0.4 is 25.0 Å². The summed E-state index contributed by atoms with van der Waals surface area (Å²) in [6, 6.07) is 18.7. The first-order valence-corrected chi connectivity index (χ1v) is 9.47. The van der Waals surface area contributed by atoms with Gasteiger partial charge in [-0.3, -0.25) is 4.99 Å². The molecular formula is C21H27IN4O2. The third kappa shape index (κ3) is 5.01. The fourth-order valence-corrected chi connectivity index (χ4v) is 3.51. The van der Waals surface area contributed by atoms with Crippen LogP contribution in [0.15, 0.2) is 59.6 Å². The lowest BCUT2D eigenvalue weighted by molar-refractivity contribution is 0.0936. The Balaban J connectivity index is 0.00000225. The van der Waals surface area contributed by atoms with Crippen molar-refractivity contribution in [1.82, 2.24) is 10.6 Å². The monoisotopic (exact) mass is 494 g/mol. The fourth-order valence-electron chi connectivity index (χ4n) is 3.51. The van der Waals surface area contributed by atoms with Gasteiger partial charge >= 0.3 is 0 Å². The average molecular weight is 494 g/mol. The van der Waals surface area contributed by atoms with Crippen LogP contribution in [0.4, 0.5) is 5.69 Å². The minimum atomic E-state index is -0.0390. The number of aliphatic imine (C=N–C) groups is 1. The van der Waals surface area contributed by atoms with Crippen LogP contribution in [-0.2, 0) is 0 Å². The van der Waals surface area contributed by atoms with Gasteiger partial charge in [-0.1, -0.05) is 30.3 Å². The highest BCUT2D eigenvalue weighted by atomic mass is 127. The molecule has 0 spiro atoms. The molecule has 0 radical (unpaired) electrons. The van der Waals surface area contributed by atoms with Crippen molar-refractivity contribution in [3.05, 3.63) is 54.6 Å². The van der Waals surface area contributed by atoms with E-state index < -0.39 is 0 Å². The molecule has 1 saturated heterocycles. The Morgan fingerprint density at radius 3 is 2.64 bits per heavy atom. The highest BCUT2D eigenvalue weighted by molar-refractivity contribution is 14.0. The highest BCUT2D eigenvalue weighted by Crippen LogP contribution is 2.30. The first kappa shape index (κ1) is 20.6. The van der Waals surface area contributed by atoms with E-state index in [0.29, 0.717) is 19.2 Å². The van der Waals surface area contributed by atoms with E-state index in [0.717, 1.165) is 37.0 Å². The molecule has 2 aromatic carbocycles. The summed E-state index contributed by atoms with van der Waals surface area (Å²) >= 11 is 0. The Morgan fingerprint density at radius 2 is 1.86 bits per heavy atom. The largest absolute Gasteiger partial charge is 0.486 e. The number of guanidine groups is 1. The molecule has 0 bridgehead atoms. The van der Waals surface area contributed by atoms with Crippen molar-refractivity contribution < 1.29 is 9.47 Å². The number of nitrogens with zero attached hydrogens (tertiary/aromatic N) is 2. The second kappa shape index (κ2) is 9.86. The number of rotatable bonds is 4. The Morgan fingerprint density at radius 1 is 1.11 bits per heavy atom. The van der Waals surface area contributed by atoms with Crippen LogP contribution in [0, 0.1) is 0 Å². The van der Waals surface area contributed by atoms with Crippen molar-refractivity contribution >= 4 is 35.6 Å². The zero-order valence-corrected chi connectivity index (χ0v) is 18.3. The zero-order chi connectivity index (χ0) is 18.5. The SMILES string of the molecule is CN=C(NCC1COc2ccccc2O1)NC1CCN(c2ccccc2)C1.I. The zero-order valence-electron chi connectivity index (χ0n) is 16.0. The quantitative estimate of drug-likeness (QED) is 0.389. The van der Waals surface area contributed by atoms with Crippen LogP contribution in [0.5, 0.6) is 11.5 Å². The van der Waals surface area contributed by atoms with Crippen molar-refractivity contribution in [3.8, 4) is 11.5 Å². The molecule has 2 aliphatic rings. The van der Waals surface area contributed by atoms with Gasteiger partial charge in [0.15, 0.2) is 17.5 Å². The van der Waals surface area contributed by atoms with Gasteiger partial charge in [-0.25, -0.2) is 0 Å². The van der Waals surface area contributed by atoms with Gasteiger partial charge in [-0.05, 0) is 30.7 Å². The van der Waals surface area contributed by atoms with Crippen molar-refractivity contribution in [3.63, 3.8) is 0 Å². The number of hydrogen-bond acceptors (Lipinski definition) is 4. The molecule has 6 nitrogen and oxygen atoms in total. The van der Waals surface area contributed by atoms with Crippen molar-refractivity contribution in [2.75, 3.05) is 38.2 Å². The van der Waals surface area contributed by atoms with Gasteiger partial charge in [0.05, 0.1) is 6.54 Å². The molecule has 7 heteroatoms.